The number of nitrogens with one attached hydrogen (secondary N) is 2. The fourth-order valence-corrected chi connectivity index (χ4v) is 11.4. The number of urea groups is 1. The van der Waals surface area contributed by atoms with Crippen molar-refractivity contribution in [3.8, 4) is 22.5 Å². The zero-order chi connectivity index (χ0) is 48.7. The van der Waals surface area contributed by atoms with E-state index in [-0.39, 0.29) is 37.0 Å². The topological polar surface area (TPSA) is 172 Å². The van der Waals surface area contributed by atoms with E-state index in [1.54, 1.807) is 30.2 Å². The summed E-state index contributed by atoms with van der Waals surface area (Å²) in [5.74, 6) is -1.39. The van der Waals surface area contributed by atoms with E-state index in [9.17, 15) is 24.0 Å². The van der Waals surface area contributed by atoms with Crippen molar-refractivity contribution in [1.29, 1.82) is 0 Å². The van der Waals surface area contributed by atoms with Gasteiger partial charge in [0.2, 0.25) is 11.8 Å². The normalized spacial score (nSPS) is 22.4. The Bertz CT molecular complexity index is 2580. The van der Waals surface area contributed by atoms with Crippen LogP contribution in [-0.2, 0) is 48.0 Å². The van der Waals surface area contributed by atoms with Gasteiger partial charge in [0.25, 0.3) is 5.91 Å². The van der Waals surface area contributed by atoms with Gasteiger partial charge in [-0.15, -0.1) is 11.3 Å². The molecule has 1 saturated carbocycles. The van der Waals surface area contributed by atoms with Crippen LogP contribution in [0.15, 0.2) is 54.6 Å². The molecule has 364 valence electrons. The van der Waals surface area contributed by atoms with Crippen molar-refractivity contribution in [2.45, 2.75) is 116 Å². The number of nitrogens with zero attached hydrogens (tertiary/aromatic N) is 7. The number of thiazole rings is 1. The van der Waals surface area contributed by atoms with E-state index in [2.05, 4.69) is 66.9 Å². The maximum Gasteiger partial charge on any atom is 0.321 e. The van der Waals surface area contributed by atoms with E-state index < -0.39 is 40.4 Å². The van der Waals surface area contributed by atoms with Gasteiger partial charge < -0.3 is 38.9 Å². The van der Waals surface area contributed by atoms with Gasteiger partial charge in [-0.25, -0.2) is 15.2 Å². The number of fused-ring (bicyclic) bond motifs is 6. The standard InChI is InChI=1S/C51H67N9O7S/c1-10-42(62)57-22-23-59(51(28-57)18-19-51)48(65)56(8)44(32(3)4)46(63)54-38-25-41-53-39(27-68-41)34-15-16-40-36(24-34)37(45(58(40)11-2)35-14-12-20-52-43(35)33(5)66-9)26-49(6,7)30-67-31-50(29-61)17-13-21-60(55-50)47(38)64/h10,12,14-16,20,24,27,29,32-33,38,44,55H,1,11,13,17-19,21-23,25-26,28,30-31H2,2-9H3,(H,54,63)/t33-,38-,44-,50?/m0/s1. The van der Waals surface area contributed by atoms with Crippen molar-refractivity contribution >= 4 is 52.3 Å². The molecule has 68 heavy (non-hydrogen) atoms. The Hall–Kier alpha value is -5.49. The Morgan fingerprint density at radius 2 is 1.90 bits per heavy atom. The van der Waals surface area contributed by atoms with Gasteiger partial charge in [0, 0.05) is 86.9 Å². The molecule has 8 rings (SSSR count). The van der Waals surface area contributed by atoms with Gasteiger partial charge in [0.1, 0.15) is 23.9 Å². The number of ether oxygens (including phenoxy) is 2. The number of hydrogen-bond acceptors (Lipinski definition) is 11. The average molecular weight is 950 g/mol. The van der Waals surface area contributed by atoms with Crippen molar-refractivity contribution < 1.29 is 33.4 Å². The van der Waals surface area contributed by atoms with E-state index >= 15 is 0 Å². The second-order valence-electron chi connectivity index (χ2n) is 20.2. The fraction of sp³-hybridized carbons (Fsp3) is 0.549. The number of aryl methyl sites for hydroxylation is 1. The minimum absolute atomic E-state index is 0.0300. The lowest BCUT2D eigenvalue weighted by Gasteiger charge is -2.45. The Labute approximate surface area is 403 Å². The summed E-state index contributed by atoms with van der Waals surface area (Å²) in [7, 11) is 3.32. The number of likely N-dealkylation sites (N-methyl/N-ethyl adjacent to an activating group) is 1. The summed E-state index contributed by atoms with van der Waals surface area (Å²) in [4.78, 5) is 84.4. The van der Waals surface area contributed by atoms with Crippen LogP contribution in [-0.4, -0.2) is 141 Å². The van der Waals surface area contributed by atoms with Crippen LogP contribution in [0.2, 0.25) is 0 Å². The van der Waals surface area contributed by atoms with Crippen molar-refractivity contribution in [3.63, 3.8) is 0 Å². The van der Waals surface area contributed by atoms with E-state index in [1.165, 1.54) is 27.3 Å². The molecule has 1 aromatic carbocycles. The molecule has 0 radical (unpaired) electrons. The predicted molar refractivity (Wildman–Crippen MR) is 261 cm³/mol. The highest BCUT2D eigenvalue weighted by molar-refractivity contribution is 7.10. The second kappa shape index (κ2) is 19.5. The zero-order valence-corrected chi connectivity index (χ0v) is 41.6. The number of pyridine rings is 1. The SMILES string of the molecule is C=CC(=O)N1CCN(C(=O)N(C)[C@H](C(=O)N[C@H]2Cc3nc(cs3)-c3ccc4c(c3)c(c(-c3cccnc3[C@H](C)OC)n4CC)CC(C)(C)COCC3(C=O)CCCN(N3)C2=O)C(C)C)C2(CC2)C1. The van der Waals surface area contributed by atoms with E-state index in [4.69, 9.17) is 19.4 Å². The monoisotopic (exact) mass is 949 g/mol. The van der Waals surface area contributed by atoms with Gasteiger partial charge >= 0.3 is 6.03 Å². The number of aldehydes is 1. The van der Waals surface area contributed by atoms with E-state index in [0.717, 1.165) is 63.8 Å². The zero-order valence-electron chi connectivity index (χ0n) is 40.8. The van der Waals surface area contributed by atoms with Crippen molar-refractivity contribution in [2.75, 3.05) is 53.6 Å². The third-order valence-electron chi connectivity index (χ3n) is 14.3. The number of carbonyl (C=O) groups excluding carboxylic acids is 5. The van der Waals surface area contributed by atoms with Crippen LogP contribution in [0, 0.1) is 11.3 Å². The molecule has 1 aliphatic carbocycles. The molecule has 1 unspecified atom stereocenters. The van der Waals surface area contributed by atoms with Gasteiger partial charge in [-0.05, 0) is 93.2 Å². The number of hydrazine groups is 1. The molecule has 5 amide bonds. The summed E-state index contributed by atoms with van der Waals surface area (Å²) >= 11 is 1.41. The quantitative estimate of drug-likeness (QED) is 0.138. The molecule has 3 aliphatic heterocycles. The highest BCUT2D eigenvalue weighted by atomic mass is 32.1. The van der Waals surface area contributed by atoms with Crippen LogP contribution in [0.1, 0.15) is 89.6 Å². The number of rotatable bonds is 10. The summed E-state index contributed by atoms with van der Waals surface area (Å²) in [6.45, 7) is 18.4. The lowest BCUT2D eigenvalue weighted by Crippen LogP contribution is -2.67. The Morgan fingerprint density at radius 3 is 2.59 bits per heavy atom. The highest BCUT2D eigenvalue weighted by Gasteiger charge is 2.55. The fourth-order valence-electron chi connectivity index (χ4n) is 10.6. The molecule has 2 saturated heterocycles. The van der Waals surface area contributed by atoms with Crippen LogP contribution in [0.3, 0.4) is 0 Å². The molecule has 3 fully saturated rings. The largest absolute Gasteiger partial charge is 0.378 e. The second-order valence-corrected chi connectivity index (χ2v) is 21.2. The van der Waals surface area contributed by atoms with E-state index in [1.807, 2.05) is 32.2 Å². The number of benzene rings is 1. The summed E-state index contributed by atoms with van der Waals surface area (Å²) < 4.78 is 14.7. The van der Waals surface area contributed by atoms with Crippen molar-refractivity contribution in [3.05, 3.63) is 70.8 Å². The third-order valence-corrected chi connectivity index (χ3v) is 15.2. The smallest absolute Gasteiger partial charge is 0.321 e. The van der Waals surface area contributed by atoms with Gasteiger partial charge in [-0.2, -0.15) is 0 Å². The first-order chi connectivity index (χ1) is 32.5. The first-order valence-electron chi connectivity index (χ1n) is 24.0. The lowest BCUT2D eigenvalue weighted by atomic mass is 9.84. The minimum Gasteiger partial charge on any atom is -0.378 e. The first-order valence-corrected chi connectivity index (χ1v) is 24.8. The number of methoxy groups -OCH3 is 1. The Balaban J connectivity index is 1.16. The molecule has 17 heteroatoms. The summed E-state index contributed by atoms with van der Waals surface area (Å²) in [6, 6.07) is 8.18. The van der Waals surface area contributed by atoms with Crippen LogP contribution in [0.4, 0.5) is 4.79 Å². The number of aromatic nitrogens is 3. The summed E-state index contributed by atoms with van der Waals surface area (Å²) in [5.41, 5.74) is 7.96. The Morgan fingerprint density at radius 1 is 1.12 bits per heavy atom. The average Bonchev–Trinajstić information content (AvgIpc) is 3.80. The number of carbonyl (C=O) groups is 5. The molecular formula is C51H67N9O7S. The van der Waals surface area contributed by atoms with Gasteiger partial charge in [0.15, 0.2) is 0 Å². The molecule has 6 heterocycles. The molecule has 3 aromatic heterocycles. The maximum atomic E-state index is 14.8. The summed E-state index contributed by atoms with van der Waals surface area (Å²) in [5, 5.41) is 8.21. The molecular weight excluding hydrogens is 883 g/mol. The molecule has 16 nitrogen and oxygen atoms in total. The first kappa shape index (κ1) is 48.9. The number of piperazine rings is 1. The Kier molecular flexibility index (Phi) is 14.0. The molecule has 2 N–H and O–H groups in total. The maximum absolute atomic E-state index is 14.8. The molecule has 4 aromatic rings. The third kappa shape index (κ3) is 9.46. The van der Waals surface area contributed by atoms with E-state index in [0.29, 0.717) is 63.6 Å². The number of amides is 5. The van der Waals surface area contributed by atoms with Gasteiger partial charge in [-0.1, -0.05) is 40.3 Å². The van der Waals surface area contributed by atoms with Crippen molar-refractivity contribution in [2.24, 2.45) is 11.3 Å². The highest BCUT2D eigenvalue weighted by Crippen LogP contribution is 2.45. The van der Waals surface area contributed by atoms with Crippen LogP contribution < -0.4 is 10.7 Å². The lowest BCUT2D eigenvalue weighted by molar-refractivity contribution is -0.147. The molecule has 4 atom stereocenters. The summed E-state index contributed by atoms with van der Waals surface area (Å²) in [6.07, 6.45) is 6.90. The predicted octanol–water partition coefficient (Wildman–Crippen LogP) is 6.18. The molecule has 4 aliphatic rings. The molecule has 6 bridgehead atoms. The van der Waals surface area contributed by atoms with Crippen LogP contribution in [0.25, 0.3) is 33.4 Å². The number of hydrogen-bond donors (Lipinski definition) is 2. The van der Waals surface area contributed by atoms with Crippen LogP contribution in [0.5, 0.6) is 0 Å². The van der Waals surface area contributed by atoms with Gasteiger partial charge in [-0.3, -0.25) is 24.4 Å². The molecule has 1 spiro atoms. The van der Waals surface area contributed by atoms with Crippen molar-refractivity contribution in [1.82, 2.24) is 45.0 Å². The minimum atomic E-state index is -1.19. The van der Waals surface area contributed by atoms with Crippen LogP contribution >= 0.6 is 11.3 Å². The van der Waals surface area contributed by atoms with Gasteiger partial charge in [0.05, 0.1) is 46.9 Å².